The summed E-state index contributed by atoms with van der Waals surface area (Å²) in [6, 6.07) is 8.49. The molecule has 2 unspecified atom stereocenters. The molecule has 45 heavy (non-hydrogen) atoms. The van der Waals surface area contributed by atoms with E-state index in [-0.39, 0.29) is 23.5 Å². The van der Waals surface area contributed by atoms with Gasteiger partial charge in [-0.15, -0.1) is 0 Å². The van der Waals surface area contributed by atoms with Gasteiger partial charge in [-0.1, -0.05) is 32.9 Å². The predicted octanol–water partition coefficient (Wildman–Crippen LogP) is 10.2. The first-order chi connectivity index (χ1) is 20.6. The molecule has 1 heterocycles. The second-order valence-corrected chi connectivity index (χ2v) is 12.0. The highest BCUT2D eigenvalue weighted by Crippen LogP contribution is 2.42. The smallest absolute Gasteiger partial charge is 0.416 e. The quantitative estimate of drug-likeness (QED) is 0.259. The van der Waals surface area contributed by atoms with E-state index < -0.39 is 65.6 Å². The number of carbonyl (C=O) groups is 1. The minimum Gasteiger partial charge on any atom is -0.496 e. The number of amides is 1. The lowest BCUT2D eigenvalue weighted by Crippen LogP contribution is -2.44. The Labute approximate surface area is 253 Å². The van der Waals surface area contributed by atoms with Gasteiger partial charge in [-0.05, 0) is 77.1 Å². The lowest BCUT2D eigenvalue weighted by atomic mass is 9.84. The summed E-state index contributed by atoms with van der Waals surface area (Å²) in [5.74, 6) is 0.364. The van der Waals surface area contributed by atoms with E-state index in [1.54, 1.807) is 12.1 Å². The summed E-state index contributed by atoms with van der Waals surface area (Å²) in [4.78, 5) is 14.3. The Morgan fingerprint density at radius 1 is 0.756 bits per heavy atom. The molecule has 244 valence electrons. The minimum atomic E-state index is -5.10. The Balaban J connectivity index is 1.74. The number of nitrogens with zero attached hydrogens (tertiary/aromatic N) is 1. The molecule has 1 saturated heterocycles. The van der Waals surface area contributed by atoms with Gasteiger partial charge in [0, 0.05) is 24.6 Å². The number of benzene rings is 3. The van der Waals surface area contributed by atoms with Crippen LogP contribution in [0.15, 0.2) is 54.6 Å². The summed E-state index contributed by atoms with van der Waals surface area (Å²) in [5.41, 5.74) is -3.19. The highest BCUT2D eigenvalue weighted by molar-refractivity contribution is 5.76. The summed E-state index contributed by atoms with van der Waals surface area (Å²) in [6.07, 6.45) is -17.7. The Bertz CT molecular complexity index is 1540. The number of methoxy groups -OCH3 is 1. The summed E-state index contributed by atoms with van der Waals surface area (Å²) in [6.45, 7) is 6.95. The lowest BCUT2D eigenvalue weighted by molar-refractivity contribution is -0.143. The average Bonchev–Trinajstić information content (AvgIpc) is 2.92. The number of ether oxygens (including phenoxy) is 2. The number of alkyl halides is 9. The van der Waals surface area contributed by atoms with Gasteiger partial charge in [-0.3, -0.25) is 0 Å². The largest absolute Gasteiger partial charge is 0.496 e. The topological polar surface area (TPSA) is 38.8 Å². The summed E-state index contributed by atoms with van der Waals surface area (Å²) < 4.78 is 133. The highest BCUT2D eigenvalue weighted by Gasteiger charge is 2.40. The van der Waals surface area contributed by atoms with E-state index >= 15 is 0 Å². The molecule has 1 fully saturated rings. The van der Waals surface area contributed by atoms with Crippen molar-refractivity contribution in [2.45, 2.75) is 76.8 Å². The van der Waals surface area contributed by atoms with Gasteiger partial charge in [-0.2, -0.15) is 39.5 Å². The van der Waals surface area contributed by atoms with Crippen LogP contribution in [0.4, 0.5) is 44.3 Å². The number of rotatable bonds is 5. The number of cyclic esters (lactones) is 1. The van der Waals surface area contributed by atoms with Crippen molar-refractivity contribution >= 4 is 6.09 Å². The van der Waals surface area contributed by atoms with Crippen LogP contribution < -0.4 is 4.74 Å². The lowest BCUT2D eigenvalue weighted by Gasteiger charge is -2.38. The van der Waals surface area contributed by atoms with E-state index in [1.807, 2.05) is 26.8 Å². The fourth-order valence-corrected chi connectivity index (χ4v) is 5.18. The van der Waals surface area contributed by atoms with Gasteiger partial charge < -0.3 is 14.4 Å². The van der Waals surface area contributed by atoms with Gasteiger partial charge in [0.2, 0.25) is 0 Å². The molecule has 1 aliphatic heterocycles. The number of hydrogen-bond donors (Lipinski definition) is 0. The van der Waals surface area contributed by atoms with Crippen molar-refractivity contribution in [2.75, 3.05) is 7.11 Å². The second kappa shape index (κ2) is 11.8. The molecule has 1 amide bonds. The molecule has 3 aromatic rings. The van der Waals surface area contributed by atoms with Gasteiger partial charge in [0.05, 0.1) is 23.8 Å². The van der Waals surface area contributed by atoms with Gasteiger partial charge in [0.25, 0.3) is 0 Å². The molecule has 0 aliphatic carbocycles. The van der Waals surface area contributed by atoms with Crippen LogP contribution in [-0.2, 0) is 35.2 Å². The molecule has 0 radical (unpaired) electrons. The number of halogens is 9. The molecule has 4 nitrogen and oxygen atoms in total. The predicted molar refractivity (Wildman–Crippen MR) is 147 cm³/mol. The Hall–Kier alpha value is -3.90. The maximum Gasteiger partial charge on any atom is 0.416 e. The van der Waals surface area contributed by atoms with Crippen LogP contribution in [0.5, 0.6) is 5.75 Å². The molecule has 0 N–H and O–H groups in total. The average molecular weight is 648 g/mol. The standard InChI is InChI=1S/C32H30F9NO3/c1-17-10-27(18-11-22(31(36,37)38)14-23(12-18)32(39,40)41)45-28(43)42(17)16-19-13-21(30(33,34)35)6-8-24(19)25-15-20(29(2,3)4)7-9-26(25)44-5/h6-9,11-15,17,27H,10,16H2,1-5H3. The third-order valence-electron chi connectivity index (χ3n) is 7.68. The van der Waals surface area contributed by atoms with Crippen molar-refractivity contribution < 1.29 is 53.8 Å². The summed E-state index contributed by atoms with van der Waals surface area (Å²) in [7, 11) is 1.40. The maximum absolute atomic E-state index is 13.8. The number of carbonyl (C=O) groups excluding carboxylic acids is 1. The second-order valence-electron chi connectivity index (χ2n) is 12.0. The van der Waals surface area contributed by atoms with Crippen molar-refractivity contribution in [3.05, 3.63) is 88.0 Å². The SMILES string of the molecule is COc1ccc(C(C)(C)C)cc1-c1ccc(C(F)(F)F)cc1CN1C(=O)OC(c2cc(C(F)(F)F)cc(C(F)(F)F)c2)CC1C. The minimum absolute atomic E-state index is 0.0258. The van der Waals surface area contributed by atoms with Crippen molar-refractivity contribution in [3.63, 3.8) is 0 Å². The van der Waals surface area contributed by atoms with Crippen molar-refractivity contribution in [2.24, 2.45) is 0 Å². The zero-order valence-electron chi connectivity index (χ0n) is 24.8. The first-order valence-electron chi connectivity index (χ1n) is 13.7. The molecular formula is C32H30F9NO3. The first-order valence-corrected chi connectivity index (χ1v) is 13.7. The van der Waals surface area contributed by atoms with Gasteiger partial charge in [0.15, 0.2) is 0 Å². The highest BCUT2D eigenvalue weighted by atomic mass is 19.4. The third-order valence-corrected chi connectivity index (χ3v) is 7.68. The molecule has 0 aromatic heterocycles. The van der Waals surface area contributed by atoms with Crippen molar-refractivity contribution in [1.29, 1.82) is 0 Å². The van der Waals surface area contributed by atoms with Gasteiger partial charge >= 0.3 is 24.6 Å². The van der Waals surface area contributed by atoms with Crippen LogP contribution in [0, 0.1) is 0 Å². The normalized spacial score (nSPS) is 18.2. The molecule has 0 spiro atoms. The van der Waals surface area contributed by atoms with E-state index in [4.69, 9.17) is 9.47 Å². The molecule has 3 aromatic carbocycles. The third kappa shape index (κ3) is 7.50. The van der Waals surface area contributed by atoms with E-state index in [0.29, 0.717) is 29.0 Å². The van der Waals surface area contributed by atoms with Crippen LogP contribution in [0.2, 0.25) is 0 Å². The molecule has 4 rings (SSSR count). The zero-order chi connectivity index (χ0) is 33.7. The fourth-order valence-electron chi connectivity index (χ4n) is 5.18. The Morgan fingerprint density at radius 3 is 1.80 bits per heavy atom. The van der Waals surface area contributed by atoms with Crippen LogP contribution in [-0.4, -0.2) is 24.1 Å². The van der Waals surface area contributed by atoms with Gasteiger partial charge in [0.1, 0.15) is 11.9 Å². The van der Waals surface area contributed by atoms with E-state index in [2.05, 4.69) is 0 Å². The Kier molecular flexibility index (Phi) is 8.91. The van der Waals surface area contributed by atoms with Crippen molar-refractivity contribution in [3.8, 4) is 16.9 Å². The Morgan fingerprint density at radius 2 is 1.31 bits per heavy atom. The summed E-state index contributed by atoms with van der Waals surface area (Å²) in [5, 5.41) is 0. The fraction of sp³-hybridized carbons (Fsp3) is 0.406. The van der Waals surface area contributed by atoms with Crippen LogP contribution >= 0.6 is 0 Å². The zero-order valence-corrected chi connectivity index (χ0v) is 24.8. The monoisotopic (exact) mass is 647 g/mol. The summed E-state index contributed by atoms with van der Waals surface area (Å²) >= 11 is 0. The maximum atomic E-state index is 13.8. The molecule has 0 bridgehead atoms. The molecular weight excluding hydrogens is 617 g/mol. The number of hydrogen-bond acceptors (Lipinski definition) is 3. The van der Waals surface area contributed by atoms with Crippen LogP contribution in [0.1, 0.15) is 73.6 Å². The van der Waals surface area contributed by atoms with E-state index in [1.165, 1.54) is 20.1 Å². The van der Waals surface area contributed by atoms with Crippen LogP contribution in [0.3, 0.4) is 0 Å². The van der Waals surface area contributed by atoms with E-state index in [9.17, 15) is 44.3 Å². The molecule has 0 saturated carbocycles. The first kappa shape index (κ1) is 34.0. The molecule has 13 heteroatoms. The van der Waals surface area contributed by atoms with Crippen molar-refractivity contribution in [1.82, 2.24) is 4.90 Å². The van der Waals surface area contributed by atoms with E-state index in [0.717, 1.165) is 22.6 Å². The van der Waals surface area contributed by atoms with Gasteiger partial charge in [-0.25, -0.2) is 4.79 Å². The molecule has 2 atom stereocenters. The molecule has 1 aliphatic rings. The van der Waals surface area contributed by atoms with Crippen LogP contribution in [0.25, 0.3) is 11.1 Å².